The lowest BCUT2D eigenvalue weighted by Gasteiger charge is -2.36. The molecule has 1 aromatic carbocycles. The Hall–Kier alpha value is -1.10. The summed E-state index contributed by atoms with van der Waals surface area (Å²) >= 11 is 0. The Balaban J connectivity index is 2.12. The predicted octanol–water partition coefficient (Wildman–Crippen LogP) is 2.75. The fourth-order valence-electron chi connectivity index (χ4n) is 3.20. The van der Waals surface area contributed by atoms with Crippen molar-refractivity contribution in [2.45, 2.75) is 31.7 Å². The molecule has 0 saturated heterocycles. The van der Waals surface area contributed by atoms with Crippen molar-refractivity contribution in [1.29, 1.82) is 0 Å². The van der Waals surface area contributed by atoms with Gasteiger partial charge in [0.15, 0.2) is 0 Å². The number of hydrogen-bond donors (Lipinski definition) is 1. The van der Waals surface area contributed by atoms with E-state index in [2.05, 4.69) is 11.0 Å². The minimum absolute atomic E-state index is 0.372. The third kappa shape index (κ3) is 4.43. The first-order valence-electron chi connectivity index (χ1n) is 7.80. The van der Waals surface area contributed by atoms with Gasteiger partial charge in [0, 0.05) is 40.0 Å². The lowest BCUT2D eigenvalue weighted by molar-refractivity contribution is 0.0992. The number of aryl methyl sites for hydroxylation is 1. The van der Waals surface area contributed by atoms with Gasteiger partial charge in [-0.2, -0.15) is 0 Å². The number of methoxy groups -OCH3 is 2. The first-order valence-corrected chi connectivity index (χ1v) is 7.80. The molecule has 0 spiro atoms. The summed E-state index contributed by atoms with van der Waals surface area (Å²) in [5, 5.41) is 9.68. The summed E-state index contributed by atoms with van der Waals surface area (Å²) in [7, 11) is 3.50. The third-order valence-corrected chi connectivity index (χ3v) is 4.23. The molecule has 0 radical (unpaired) electrons. The Morgan fingerprint density at radius 3 is 2.76 bits per heavy atom. The van der Waals surface area contributed by atoms with Gasteiger partial charge < -0.3 is 14.6 Å². The Labute approximate surface area is 127 Å². The summed E-state index contributed by atoms with van der Waals surface area (Å²) in [6.45, 7) is 3.49. The second-order valence-corrected chi connectivity index (χ2v) is 5.67. The van der Waals surface area contributed by atoms with E-state index in [4.69, 9.17) is 9.47 Å². The van der Waals surface area contributed by atoms with Gasteiger partial charge in [0.1, 0.15) is 5.75 Å². The minimum atomic E-state index is 0.372. The van der Waals surface area contributed by atoms with Crippen LogP contribution >= 0.6 is 0 Å². The molecule has 0 saturated carbocycles. The molecule has 0 heterocycles. The summed E-state index contributed by atoms with van der Waals surface area (Å²) in [6, 6.07) is 6.25. The zero-order chi connectivity index (χ0) is 15.1. The van der Waals surface area contributed by atoms with Gasteiger partial charge in [-0.15, -0.1) is 0 Å². The van der Waals surface area contributed by atoms with E-state index in [9.17, 15) is 5.11 Å². The zero-order valence-corrected chi connectivity index (χ0v) is 13.2. The van der Waals surface area contributed by atoms with E-state index in [1.54, 1.807) is 20.3 Å². The van der Waals surface area contributed by atoms with Crippen molar-refractivity contribution in [2.24, 2.45) is 0 Å². The molecule has 4 heteroatoms. The third-order valence-electron chi connectivity index (χ3n) is 4.23. The fraction of sp³-hybridized carbons (Fsp3) is 0.647. The van der Waals surface area contributed by atoms with E-state index in [1.807, 2.05) is 6.07 Å². The van der Waals surface area contributed by atoms with E-state index < -0.39 is 0 Å². The van der Waals surface area contributed by atoms with Crippen molar-refractivity contribution in [3.63, 3.8) is 0 Å². The maximum atomic E-state index is 9.68. The van der Waals surface area contributed by atoms with Gasteiger partial charge in [0.2, 0.25) is 0 Å². The second-order valence-electron chi connectivity index (χ2n) is 5.67. The van der Waals surface area contributed by atoms with Crippen LogP contribution in [0.5, 0.6) is 5.75 Å². The molecule has 0 bridgehead atoms. The number of phenols is 1. The molecule has 0 aliphatic heterocycles. The minimum Gasteiger partial charge on any atom is -0.508 e. The molecule has 1 N–H and O–H groups in total. The highest BCUT2D eigenvalue weighted by Gasteiger charge is 2.25. The zero-order valence-electron chi connectivity index (χ0n) is 13.2. The molecule has 21 heavy (non-hydrogen) atoms. The van der Waals surface area contributed by atoms with Crippen molar-refractivity contribution in [1.82, 2.24) is 4.90 Å². The number of benzene rings is 1. The van der Waals surface area contributed by atoms with Gasteiger partial charge in [0.25, 0.3) is 0 Å². The lowest BCUT2D eigenvalue weighted by Crippen LogP contribution is -2.35. The van der Waals surface area contributed by atoms with Crippen LogP contribution < -0.4 is 0 Å². The number of aromatic hydroxyl groups is 1. The summed E-state index contributed by atoms with van der Waals surface area (Å²) in [5.74, 6) is 0.372. The van der Waals surface area contributed by atoms with Gasteiger partial charge in [-0.25, -0.2) is 0 Å². The first-order chi connectivity index (χ1) is 10.3. The first kappa shape index (κ1) is 16.3. The van der Waals surface area contributed by atoms with Crippen LogP contribution in [0.25, 0.3) is 0 Å². The number of phenolic OH excluding ortho intramolecular Hbond substituents is 1. The Kier molecular flexibility index (Phi) is 6.49. The molecule has 1 atom stereocenters. The van der Waals surface area contributed by atoms with E-state index >= 15 is 0 Å². The summed E-state index contributed by atoms with van der Waals surface area (Å²) < 4.78 is 10.4. The molecular weight excluding hydrogens is 266 g/mol. The van der Waals surface area contributed by atoms with Gasteiger partial charge >= 0.3 is 0 Å². The molecule has 0 fully saturated rings. The quantitative estimate of drug-likeness (QED) is 0.748. The van der Waals surface area contributed by atoms with Crippen molar-refractivity contribution < 1.29 is 14.6 Å². The number of rotatable bonds is 8. The average molecular weight is 293 g/mol. The van der Waals surface area contributed by atoms with Crippen molar-refractivity contribution in [3.05, 3.63) is 29.3 Å². The van der Waals surface area contributed by atoms with Crippen LogP contribution in [0, 0.1) is 0 Å². The maximum Gasteiger partial charge on any atom is 0.115 e. The highest BCUT2D eigenvalue weighted by Crippen LogP contribution is 2.35. The van der Waals surface area contributed by atoms with E-state index in [-0.39, 0.29) is 0 Å². The molecule has 118 valence electrons. The molecule has 0 aromatic heterocycles. The molecule has 4 nitrogen and oxygen atoms in total. The Morgan fingerprint density at radius 1 is 1.19 bits per heavy atom. The van der Waals surface area contributed by atoms with Crippen molar-refractivity contribution in [2.75, 3.05) is 40.5 Å². The molecule has 1 aliphatic rings. The summed E-state index contributed by atoms with van der Waals surface area (Å²) in [6.07, 6.45) is 4.45. The fourth-order valence-corrected chi connectivity index (χ4v) is 3.20. The largest absolute Gasteiger partial charge is 0.508 e. The van der Waals surface area contributed by atoms with Crippen LogP contribution in [-0.2, 0) is 15.9 Å². The van der Waals surface area contributed by atoms with Gasteiger partial charge in [0.05, 0.1) is 6.61 Å². The Morgan fingerprint density at radius 2 is 2.00 bits per heavy atom. The molecule has 1 aromatic rings. The maximum absolute atomic E-state index is 9.68. The van der Waals surface area contributed by atoms with Crippen LogP contribution in [0.2, 0.25) is 0 Å². The number of hydrogen-bond acceptors (Lipinski definition) is 4. The van der Waals surface area contributed by atoms with Crippen LogP contribution in [0.4, 0.5) is 0 Å². The van der Waals surface area contributed by atoms with Crippen molar-refractivity contribution in [3.8, 4) is 5.75 Å². The smallest absolute Gasteiger partial charge is 0.115 e. The number of nitrogens with zero attached hydrogens (tertiary/aromatic N) is 1. The van der Waals surface area contributed by atoms with Crippen molar-refractivity contribution >= 4 is 0 Å². The van der Waals surface area contributed by atoms with E-state index in [0.717, 1.165) is 39.1 Å². The number of fused-ring (bicyclic) bond motifs is 1. The highest BCUT2D eigenvalue weighted by molar-refractivity contribution is 5.38. The topological polar surface area (TPSA) is 41.9 Å². The van der Waals surface area contributed by atoms with Crippen LogP contribution in [0.15, 0.2) is 18.2 Å². The predicted molar refractivity (Wildman–Crippen MR) is 83.7 cm³/mol. The molecule has 1 unspecified atom stereocenters. The second kappa shape index (κ2) is 8.37. The van der Waals surface area contributed by atoms with Crippen LogP contribution in [0.3, 0.4) is 0 Å². The van der Waals surface area contributed by atoms with E-state index in [1.165, 1.54) is 24.0 Å². The number of ether oxygens (including phenoxy) is 2. The van der Waals surface area contributed by atoms with Crippen LogP contribution in [-0.4, -0.2) is 50.5 Å². The SMILES string of the molecule is COCCCN(CCOC)C1CCCc2cc(O)ccc21. The molecule has 1 aliphatic carbocycles. The van der Waals surface area contributed by atoms with Gasteiger partial charge in [-0.3, -0.25) is 4.90 Å². The lowest BCUT2D eigenvalue weighted by atomic mass is 9.86. The monoisotopic (exact) mass is 293 g/mol. The summed E-state index contributed by atoms with van der Waals surface area (Å²) in [4.78, 5) is 2.50. The molecule has 0 amide bonds. The highest BCUT2D eigenvalue weighted by atomic mass is 16.5. The summed E-state index contributed by atoms with van der Waals surface area (Å²) in [5.41, 5.74) is 2.66. The standard InChI is InChI=1S/C17H27NO3/c1-20-11-4-9-18(10-12-21-2)17-6-3-5-14-13-15(19)7-8-16(14)17/h7-8,13,17,19H,3-6,9-12H2,1-2H3. The van der Waals surface area contributed by atoms with E-state index in [0.29, 0.717) is 11.8 Å². The van der Waals surface area contributed by atoms with Gasteiger partial charge in [-0.05, 0) is 48.9 Å². The average Bonchev–Trinajstić information content (AvgIpc) is 2.50. The molecule has 2 rings (SSSR count). The van der Waals surface area contributed by atoms with Gasteiger partial charge in [-0.1, -0.05) is 6.07 Å². The van der Waals surface area contributed by atoms with Crippen LogP contribution in [0.1, 0.15) is 36.4 Å². The molecular formula is C17H27NO3. The Bertz CT molecular complexity index is 436. The normalized spacial score (nSPS) is 18.0.